The van der Waals surface area contributed by atoms with Crippen LogP contribution < -0.4 is 4.74 Å². The molecule has 3 nitrogen and oxygen atoms in total. The molecular formula is C9H7NO2S. The molecule has 0 atom stereocenters. The lowest BCUT2D eigenvalue weighted by molar-refractivity contribution is 0.0952. The van der Waals surface area contributed by atoms with Crippen molar-refractivity contribution in [1.29, 1.82) is 0 Å². The van der Waals surface area contributed by atoms with Gasteiger partial charge in [0.15, 0.2) is 0 Å². The van der Waals surface area contributed by atoms with Gasteiger partial charge in [-0.25, -0.2) is 3.96 Å². The molecule has 66 valence electrons. The molecule has 0 aliphatic heterocycles. The first-order valence-corrected chi connectivity index (χ1v) is 4.59. The minimum atomic E-state index is -0.122. The van der Waals surface area contributed by atoms with E-state index in [9.17, 15) is 9.59 Å². The van der Waals surface area contributed by atoms with Crippen molar-refractivity contribution >= 4 is 28.3 Å². The van der Waals surface area contributed by atoms with Crippen LogP contribution in [-0.2, 0) is 0 Å². The van der Waals surface area contributed by atoms with Crippen molar-refractivity contribution in [1.82, 2.24) is 3.96 Å². The van der Waals surface area contributed by atoms with Gasteiger partial charge in [0.05, 0.1) is 10.9 Å². The van der Waals surface area contributed by atoms with Crippen LogP contribution in [0.5, 0.6) is 0 Å². The summed E-state index contributed by atoms with van der Waals surface area (Å²) in [5.74, 6) is -0.122. The summed E-state index contributed by atoms with van der Waals surface area (Å²) in [6.45, 7) is 1.45. The number of benzene rings is 1. The average molecular weight is 193 g/mol. The van der Waals surface area contributed by atoms with Crippen molar-refractivity contribution in [3.05, 3.63) is 33.8 Å². The van der Waals surface area contributed by atoms with Gasteiger partial charge in [0, 0.05) is 6.92 Å². The fraction of sp³-hybridized carbons (Fsp3) is 0.111. The Balaban J connectivity index is 2.94. The summed E-state index contributed by atoms with van der Waals surface area (Å²) in [5.41, 5.74) is 0.699. The van der Waals surface area contributed by atoms with Crippen LogP contribution in [0.1, 0.15) is 11.7 Å². The highest BCUT2D eigenvalue weighted by molar-refractivity contribution is 7.06. The zero-order chi connectivity index (χ0) is 9.42. The van der Waals surface area contributed by atoms with Gasteiger partial charge in [-0.1, -0.05) is 12.1 Å². The first kappa shape index (κ1) is 8.19. The number of hydrogen-bond donors (Lipinski definition) is 0. The predicted octanol–water partition coefficient (Wildman–Crippen LogP) is 1.72. The van der Waals surface area contributed by atoms with Gasteiger partial charge in [0.1, 0.15) is 0 Å². The highest BCUT2D eigenvalue weighted by atomic mass is 32.1. The first-order chi connectivity index (χ1) is 6.20. The standard InChI is InChI=1S/C9H7NO2S/c1-6(11)10-8-5-3-2-4-7(8)9(12)13-10/h2-5H,1H3. The Morgan fingerprint density at radius 1 is 1.38 bits per heavy atom. The van der Waals surface area contributed by atoms with Gasteiger partial charge in [-0.05, 0) is 23.7 Å². The summed E-state index contributed by atoms with van der Waals surface area (Å²) < 4.78 is 1.35. The third-order valence-electron chi connectivity index (χ3n) is 1.80. The second kappa shape index (κ2) is 2.81. The van der Waals surface area contributed by atoms with E-state index in [1.165, 1.54) is 10.9 Å². The Labute approximate surface area is 78.4 Å². The Hall–Kier alpha value is -1.42. The molecule has 1 heterocycles. The number of rotatable bonds is 0. The van der Waals surface area contributed by atoms with E-state index in [0.29, 0.717) is 10.9 Å². The lowest BCUT2D eigenvalue weighted by Gasteiger charge is -1.94. The predicted molar refractivity (Wildman–Crippen MR) is 52.4 cm³/mol. The van der Waals surface area contributed by atoms with Crippen LogP contribution in [0, 0.1) is 0 Å². The SMILES string of the molecule is CC(=O)n1sc(=O)c2ccccc21. The van der Waals surface area contributed by atoms with Gasteiger partial charge < -0.3 is 0 Å². The summed E-state index contributed by atoms with van der Waals surface area (Å²) >= 11 is 0.947. The van der Waals surface area contributed by atoms with E-state index in [1.807, 2.05) is 6.07 Å². The summed E-state index contributed by atoms with van der Waals surface area (Å²) in [6, 6.07) is 7.11. The van der Waals surface area contributed by atoms with Gasteiger partial charge in [-0.15, -0.1) is 0 Å². The van der Waals surface area contributed by atoms with Crippen molar-refractivity contribution in [3.8, 4) is 0 Å². The Morgan fingerprint density at radius 2 is 2.08 bits per heavy atom. The third-order valence-corrected chi connectivity index (χ3v) is 2.83. The summed E-state index contributed by atoms with van der Waals surface area (Å²) in [4.78, 5) is 22.5. The van der Waals surface area contributed by atoms with E-state index < -0.39 is 0 Å². The van der Waals surface area contributed by atoms with E-state index in [-0.39, 0.29) is 10.6 Å². The lowest BCUT2D eigenvalue weighted by atomic mass is 10.2. The minimum absolute atomic E-state index is 0.0641. The van der Waals surface area contributed by atoms with E-state index in [1.54, 1.807) is 18.2 Å². The monoisotopic (exact) mass is 193 g/mol. The summed E-state index contributed by atoms with van der Waals surface area (Å²) in [7, 11) is 0. The van der Waals surface area contributed by atoms with Crippen molar-refractivity contribution in [3.63, 3.8) is 0 Å². The molecule has 0 unspecified atom stereocenters. The molecule has 4 heteroatoms. The second-order valence-electron chi connectivity index (χ2n) is 2.71. The molecule has 1 aromatic carbocycles. The molecule has 2 aromatic rings. The zero-order valence-electron chi connectivity index (χ0n) is 6.98. The highest BCUT2D eigenvalue weighted by Gasteiger charge is 2.08. The van der Waals surface area contributed by atoms with Gasteiger partial charge >= 0.3 is 0 Å². The number of carbonyl (C=O) groups is 1. The van der Waals surface area contributed by atoms with Crippen LogP contribution in [-0.4, -0.2) is 9.86 Å². The van der Waals surface area contributed by atoms with Gasteiger partial charge in [0.2, 0.25) is 5.91 Å². The van der Waals surface area contributed by atoms with Gasteiger partial charge in [0.25, 0.3) is 4.74 Å². The first-order valence-electron chi connectivity index (χ1n) is 3.82. The number of fused-ring (bicyclic) bond motifs is 1. The van der Waals surface area contributed by atoms with Gasteiger partial charge in [-0.3, -0.25) is 9.59 Å². The Bertz CT molecular complexity index is 524. The van der Waals surface area contributed by atoms with E-state index >= 15 is 0 Å². The summed E-state index contributed by atoms with van der Waals surface area (Å²) in [6.07, 6.45) is 0. The molecule has 0 amide bonds. The zero-order valence-corrected chi connectivity index (χ0v) is 7.80. The van der Waals surface area contributed by atoms with Crippen molar-refractivity contribution < 1.29 is 4.79 Å². The van der Waals surface area contributed by atoms with Crippen molar-refractivity contribution in [2.75, 3.05) is 0 Å². The van der Waals surface area contributed by atoms with Crippen LogP contribution in [0.2, 0.25) is 0 Å². The lowest BCUT2D eigenvalue weighted by Crippen LogP contribution is -2.00. The number of nitrogens with zero attached hydrogens (tertiary/aromatic N) is 1. The Kier molecular flexibility index (Phi) is 1.77. The molecule has 0 saturated heterocycles. The highest BCUT2D eigenvalue weighted by Crippen LogP contribution is 2.13. The average Bonchev–Trinajstić information content (AvgIpc) is 2.45. The van der Waals surface area contributed by atoms with Crippen LogP contribution in [0.25, 0.3) is 10.9 Å². The van der Waals surface area contributed by atoms with Crippen LogP contribution in [0.4, 0.5) is 0 Å². The smallest absolute Gasteiger partial charge is 0.257 e. The van der Waals surface area contributed by atoms with Crippen molar-refractivity contribution in [2.45, 2.75) is 6.92 Å². The fourth-order valence-corrected chi connectivity index (χ4v) is 2.06. The molecule has 13 heavy (non-hydrogen) atoms. The fourth-order valence-electron chi connectivity index (χ4n) is 1.24. The van der Waals surface area contributed by atoms with Gasteiger partial charge in [-0.2, -0.15) is 0 Å². The van der Waals surface area contributed by atoms with Crippen LogP contribution in [0.15, 0.2) is 29.1 Å². The number of aromatic nitrogens is 1. The van der Waals surface area contributed by atoms with Crippen molar-refractivity contribution in [2.24, 2.45) is 0 Å². The molecule has 0 radical (unpaired) electrons. The molecule has 0 aliphatic rings. The normalized spacial score (nSPS) is 10.5. The van der Waals surface area contributed by atoms with E-state index in [0.717, 1.165) is 11.5 Å². The maximum absolute atomic E-state index is 11.3. The molecular weight excluding hydrogens is 186 g/mol. The molecule has 0 bridgehead atoms. The molecule has 0 fully saturated rings. The van der Waals surface area contributed by atoms with Crippen LogP contribution >= 0.6 is 11.5 Å². The number of hydrogen-bond acceptors (Lipinski definition) is 3. The summed E-state index contributed by atoms with van der Waals surface area (Å²) in [5, 5.41) is 0.614. The second-order valence-corrected chi connectivity index (χ2v) is 3.63. The van der Waals surface area contributed by atoms with E-state index in [2.05, 4.69) is 0 Å². The van der Waals surface area contributed by atoms with E-state index in [4.69, 9.17) is 0 Å². The number of carbonyl (C=O) groups excluding carboxylic acids is 1. The minimum Gasteiger partial charge on any atom is -0.276 e. The molecule has 0 spiro atoms. The largest absolute Gasteiger partial charge is 0.276 e. The molecule has 0 N–H and O–H groups in total. The quantitative estimate of drug-likeness (QED) is 0.639. The molecule has 2 rings (SSSR count). The molecule has 1 aromatic heterocycles. The topological polar surface area (TPSA) is 39.1 Å². The molecule has 0 saturated carbocycles. The van der Waals surface area contributed by atoms with Crippen LogP contribution in [0.3, 0.4) is 0 Å². The Morgan fingerprint density at radius 3 is 2.77 bits per heavy atom. The third kappa shape index (κ3) is 1.19. The maximum Gasteiger partial charge on any atom is 0.257 e. The molecule has 0 aliphatic carbocycles. The maximum atomic E-state index is 11.3. The number of para-hydroxylation sites is 1.